The van der Waals surface area contributed by atoms with Crippen LogP contribution in [0.2, 0.25) is 0 Å². The minimum Gasteiger partial charge on any atom is -0.497 e. The molecule has 2 aromatic carbocycles. The molecule has 1 atom stereocenters. The first-order valence-electron chi connectivity index (χ1n) is 11.2. The molecule has 0 fully saturated rings. The topological polar surface area (TPSA) is 141 Å². The average molecular weight is 514 g/mol. The lowest BCUT2D eigenvalue weighted by atomic mass is 10.0. The second-order valence-electron chi connectivity index (χ2n) is 8.44. The van der Waals surface area contributed by atoms with Gasteiger partial charge >= 0.3 is 0 Å². The van der Waals surface area contributed by atoms with Crippen LogP contribution in [0.1, 0.15) is 52.0 Å². The van der Waals surface area contributed by atoms with Gasteiger partial charge in [-0.25, -0.2) is 4.39 Å². The third-order valence-corrected chi connectivity index (χ3v) is 6.27. The van der Waals surface area contributed by atoms with Crippen molar-refractivity contribution in [3.63, 3.8) is 0 Å². The first-order valence-corrected chi connectivity index (χ1v) is 12.0. The van der Waals surface area contributed by atoms with Gasteiger partial charge in [0.2, 0.25) is 5.91 Å². The van der Waals surface area contributed by atoms with Crippen molar-refractivity contribution in [3.05, 3.63) is 70.5 Å². The Hall–Kier alpha value is -3.99. The molecule has 5 N–H and O–H groups in total. The van der Waals surface area contributed by atoms with Gasteiger partial charge in [0.05, 0.1) is 12.8 Å². The third kappa shape index (κ3) is 5.98. The number of rotatable bonds is 10. The highest BCUT2D eigenvalue weighted by Crippen LogP contribution is 2.34. The number of carbonyl (C=O) groups is 3. The van der Waals surface area contributed by atoms with E-state index in [1.54, 1.807) is 24.3 Å². The Morgan fingerprint density at radius 3 is 2.44 bits per heavy atom. The van der Waals surface area contributed by atoms with E-state index in [1.165, 1.54) is 36.3 Å². The normalized spacial score (nSPS) is 11.7. The molecule has 190 valence electrons. The van der Waals surface area contributed by atoms with Crippen molar-refractivity contribution in [1.29, 1.82) is 0 Å². The van der Waals surface area contributed by atoms with E-state index in [0.717, 1.165) is 6.42 Å². The van der Waals surface area contributed by atoms with Gasteiger partial charge in [-0.3, -0.25) is 19.3 Å². The van der Waals surface area contributed by atoms with Crippen molar-refractivity contribution < 1.29 is 23.5 Å². The number of nitrogen functional groups attached to an aromatic ring is 1. The molecule has 0 aliphatic rings. The summed E-state index contributed by atoms with van der Waals surface area (Å²) in [6.45, 7) is 4.43. The number of hydrogen-bond donors (Lipinski definition) is 3. The van der Waals surface area contributed by atoms with Crippen LogP contribution in [-0.2, 0) is 4.79 Å². The maximum absolute atomic E-state index is 13.9. The van der Waals surface area contributed by atoms with Crippen LogP contribution >= 0.6 is 11.5 Å². The van der Waals surface area contributed by atoms with Gasteiger partial charge in [-0.15, -0.1) is 0 Å². The van der Waals surface area contributed by atoms with Gasteiger partial charge in [-0.1, -0.05) is 32.0 Å². The molecule has 0 saturated carbocycles. The Balaban J connectivity index is 2.17. The molecule has 0 aliphatic heterocycles. The Morgan fingerprint density at radius 2 is 1.86 bits per heavy atom. The SMILES string of the molecule is COc1cccc(N(C(=O)c2snc(C(N)=O)c2N)[C@@H](C(=O)NCCC(C)C)c2ccc(F)cc2)c1. The maximum Gasteiger partial charge on any atom is 0.273 e. The fourth-order valence-electron chi connectivity index (χ4n) is 3.53. The van der Waals surface area contributed by atoms with Gasteiger partial charge in [0.25, 0.3) is 11.8 Å². The van der Waals surface area contributed by atoms with E-state index in [9.17, 15) is 18.8 Å². The monoisotopic (exact) mass is 513 g/mol. The molecule has 1 aromatic heterocycles. The molecule has 0 radical (unpaired) electrons. The minimum absolute atomic E-state index is 0.0614. The number of aromatic nitrogens is 1. The van der Waals surface area contributed by atoms with E-state index in [4.69, 9.17) is 16.2 Å². The Bertz CT molecular complexity index is 1250. The third-order valence-electron chi connectivity index (χ3n) is 5.42. The predicted octanol–water partition coefficient (Wildman–Crippen LogP) is 3.52. The summed E-state index contributed by atoms with van der Waals surface area (Å²) < 4.78 is 23.0. The molecule has 36 heavy (non-hydrogen) atoms. The number of nitrogens with zero attached hydrogens (tertiary/aromatic N) is 2. The van der Waals surface area contributed by atoms with E-state index in [-0.39, 0.29) is 16.3 Å². The summed E-state index contributed by atoms with van der Waals surface area (Å²) in [6.07, 6.45) is 0.721. The zero-order chi connectivity index (χ0) is 26.4. The number of nitrogens with two attached hydrogens (primary N) is 2. The number of hydrogen-bond acceptors (Lipinski definition) is 7. The summed E-state index contributed by atoms with van der Waals surface area (Å²) in [5.74, 6) is -1.74. The van der Waals surface area contributed by atoms with Crippen LogP contribution < -0.4 is 26.4 Å². The van der Waals surface area contributed by atoms with Crippen LogP contribution in [0.25, 0.3) is 0 Å². The maximum atomic E-state index is 13.9. The van der Waals surface area contributed by atoms with Crippen LogP contribution in [-0.4, -0.2) is 35.7 Å². The molecular formula is C25H28FN5O4S. The molecule has 1 heterocycles. The van der Waals surface area contributed by atoms with E-state index in [2.05, 4.69) is 9.69 Å². The molecule has 0 spiro atoms. The quantitative estimate of drug-likeness (QED) is 0.379. The first kappa shape index (κ1) is 26.6. The summed E-state index contributed by atoms with van der Waals surface area (Å²) in [7, 11) is 1.47. The van der Waals surface area contributed by atoms with Crippen LogP contribution in [0, 0.1) is 11.7 Å². The van der Waals surface area contributed by atoms with Crippen molar-refractivity contribution in [2.75, 3.05) is 24.3 Å². The van der Waals surface area contributed by atoms with Gasteiger partial charge in [-0.2, -0.15) is 4.37 Å². The highest BCUT2D eigenvalue weighted by Gasteiger charge is 2.36. The van der Waals surface area contributed by atoms with Crippen molar-refractivity contribution >= 4 is 40.6 Å². The molecule has 3 amide bonds. The van der Waals surface area contributed by atoms with Crippen molar-refractivity contribution in [1.82, 2.24) is 9.69 Å². The molecular weight excluding hydrogens is 485 g/mol. The van der Waals surface area contributed by atoms with Crippen LogP contribution in [0.15, 0.2) is 48.5 Å². The van der Waals surface area contributed by atoms with Crippen molar-refractivity contribution in [2.45, 2.75) is 26.3 Å². The Labute approximate surface area is 212 Å². The number of amides is 3. The fraction of sp³-hybridized carbons (Fsp3) is 0.280. The van der Waals surface area contributed by atoms with E-state index in [0.29, 0.717) is 41.0 Å². The number of nitrogens with one attached hydrogen (secondary N) is 1. The van der Waals surface area contributed by atoms with E-state index < -0.39 is 29.6 Å². The molecule has 0 saturated heterocycles. The van der Waals surface area contributed by atoms with Crippen molar-refractivity contribution in [2.24, 2.45) is 11.7 Å². The number of halogens is 1. The standard InChI is InChI=1S/C25H28FN5O4S/c1-14(2)11-12-29-24(33)21(15-7-9-16(26)10-8-15)31(17-5-4-6-18(13-17)35-3)25(34)22-19(27)20(23(28)32)30-36-22/h4-10,13-14,21H,11-12,27H2,1-3H3,(H2,28,32)(H,29,33)/t21-/m1/s1. The highest BCUT2D eigenvalue weighted by molar-refractivity contribution is 7.09. The molecule has 11 heteroatoms. The van der Waals surface area contributed by atoms with Gasteiger partial charge < -0.3 is 21.5 Å². The molecule has 0 bridgehead atoms. The summed E-state index contributed by atoms with van der Waals surface area (Å²) in [5.41, 5.74) is 11.7. The second-order valence-corrected chi connectivity index (χ2v) is 9.22. The van der Waals surface area contributed by atoms with Gasteiger partial charge in [-0.05, 0) is 53.7 Å². The molecule has 0 aliphatic carbocycles. The summed E-state index contributed by atoms with van der Waals surface area (Å²) in [6, 6.07) is 10.7. The zero-order valence-corrected chi connectivity index (χ0v) is 21.0. The largest absolute Gasteiger partial charge is 0.497 e. The number of anilines is 2. The fourth-order valence-corrected chi connectivity index (χ4v) is 4.27. The molecule has 9 nitrogen and oxygen atoms in total. The Kier molecular flexibility index (Phi) is 8.59. The van der Waals surface area contributed by atoms with Gasteiger partial charge in [0.15, 0.2) is 5.69 Å². The Morgan fingerprint density at radius 1 is 1.17 bits per heavy atom. The van der Waals surface area contributed by atoms with Crippen molar-refractivity contribution in [3.8, 4) is 5.75 Å². The lowest BCUT2D eigenvalue weighted by Crippen LogP contribution is -2.44. The summed E-state index contributed by atoms with van der Waals surface area (Å²) in [5, 5.41) is 2.88. The van der Waals surface area contributed by atoms with E-state index in [1.807, 2.05) is 13.8 Å². The predicted molar refractivity (Wildman–Crippen MR) is 136 cm³/mol. The number of benzene rings is 2. The van der Waals surface area contributed by atoms with Crippen LogP contribution in [0.5, 0.6) is 5.75 Å². The zero-order valence-electron chi connectivity index (χ0n) is 20.2. The number of primary amides is 1. The average Bonchev–Trinajstić information content (AvgIpc) is 3.24. The number of methoxy groups -OCH3 is 1. The summed E-state index contributed by atoms with van der Waals surface area (Å²) in [4.78, 5) is 40.4. The highest BCUT2D eigenvalue weighted by atomic mass is 32.1. The lowest BCUT2D eigenvalue weighted by molar-refractivity contribution is -0.122. The van der Waals surface area contributed by atoms with Gasteiger partial charge in [0.1, 0.15) is 22.5 Å². The second kappa shape index (κ2) is 11.6. The van der Waals surface area contributed by atoms with Gasteiger partial charge in [0, 0.05) is 18.3 Å². The van der Waals surface area contributed by atoms with E-state index >= 15 is 0 Å². The summed E-state index contributed by atoms with van der Waals surface area (Å²) >= 11 is 0.704. The molecule has 3 rings (SSSR count). The van der Waals surface area contributed by atoms with Crippen LogP contribution in [0.3, 0.4) is 0 Å². The number of ether oxygens (including phenoxy) is 1. The molecule has 3 aromatic rings. The number of carbonyl (C=O) groups excluding carboxylic acids is 3. The first-order chi connectivity index (χ1) is 17.1. The minimum atomic E-state index is -1.20. The lowest BCUT2D eigenvalue weighted by Gasteiger charge is -2.31. The van der Waals surface area contributed by atoms with Crippen LogP contribution in [0.4, 0.5) is 15.8 Å². The smallest absolute Gasteiger partial charge is 0.273 e. The molecule has 0 unspecified atom stereocenters.